The normalized spacial score (nSPS) is 18.0. The summed E-state index contributed by atoms with van der Waals surface area (Å²) >= 11 is 0. The molecule has 154 valence electrons. The van der Waals surface area contributed by atoms with Gasteiger partial charge in [0.15, 0.2) is 0 Å². The van der Waals surface area contributed by atoms with Crippen molar-refractivity contribution in [2.75, 3.05) is 10.2 Å². The highest BCUT2D eigenvalue weighted by Crippen LogP contribution is 2.26. The number of nitrogens with zero attached hydrogens (tertiary/aromatic N) is 2. The van der Waals surface area contributed by atoms with E-state index in [-0.39, 0.29) is 36.6 Å². The van der Waals surface area contributed by atoms with Gasteiger partial charge < -0.3 is 15.5 Å². The van der Waals surface area contributed by atoms with Crippen LogP contribution in [0, 0.1) is 11.3 Å². The summed E-state index contributed by atoms with van der Waals surface area (Å²) in [5, 5.41) is 14.5. The fraction of sp³-hybridized carbons (Fsp3) is 0.304. The molecule has 2 aromatic rings. The average Bonchev–Trinajstić information content (AvgIpc) is 3.01. The lowest BCUT2D eigenvalue weighted by Gasteiger charge is -2.21. The molecule has 1 heterocycles. The fourth-order valence-electron chi connectivity index (χ4n) is 3.60. The number of nitrogens with one attached hydrogen (secondary N) is 2. The average molecular weight is 404 g/mol. The monoisotopic (exact) mass is 404 g/mol. The Morgan fingerprint density at radius 2 is 1.73 bits per heavy atom. The van der Waals surface area contributed by atoms with E-state index in [9.17, 15) is 14.4 Å². The Bertz CT molecular complexity index is 968. The summed E-state index contributed by atoms with van der Waals surface area (Å²) in [7, 11) is 0. The second-order valence-electron chi connectivity index (χ2n) is 7.31. The number of carbonyl (C=O) groups excluding carboxylic acids is 3. The summed E-state index contributed by atoms with van der Waals surface area (Å²) in [6.45, 7) is 1.96. The number of carbonyl (C=O) groups is 3. The van der Waals surface area contributed by atoms with Gasteiger partial charge in [0.25, 0.3) is 0 Å². The summed E-state index contributed by atoms with van der Waals surface area (Å²) in [6.07, 6.45) is 1.20. The summed E-state index contributed by atoms with van der Waals surface area (Å²) < 4.78 is 0. The molecule has 0 bridgehead atoms. The number of para-hydroxylation sites is 2. The van der Waals surface area contributed by atoms with Gasteiger partial charge in [-0.25, -0.2) is 0 Å². The third-order valence-corrected chi connectivity index (χ3v) is 5.05. The lowest BCUT2D eigenvalue weighted by atomic mass is 10.1. The number of amides is 3. The predicted octanol–water partition coefficient (Wildman–Crippen LogP) is 2.98. The fourth-order valence-corrected chi connectivity index (χ4v) is 3.60. The first-order valence-corrected chi connectivity index (χ1v) is 9.96. The maximum absolute atomic E-state index is 12.7. The van der Waals surface area contributed by atoms with Crippen molar-refractivity contribution in [3.63, 3.8) is 0 Å². The van der Waals surface area contributed by atoms with Gasteiger partial charge in [-0.1, -0.05) is 30.3 Å². The number of hydrogen-bond acceptors (Lipinski definition) is 4. The highest BCUT2D eigenvalue weighted by molar-refractivity contribution is 6.02. The quantitative estimate of drug-likeness (QED) is 0.740. The first-order chi connectivity index (χ1) is 14.5. The van der Waals surface area contributed by atoms with Crippen LogP contribution in [0.25, 0.3) is 0 Å². The highest BCUT2D eigenvalue weighted by atomic mass is 16.2. The lowest BCUT2D eigenvalue weighted by Crippen LogP contribution is -2.41. The number of benzene rings is 2. The van der Waals surface area contributed by atoms with Crippen LogP contribution < -0.4 is 15.5 Å². The molecule has 3 rings (SSSR count). The minimum atomic E-state index is -0.552. The Kier molecular flexibility index (Phi) is 6.81. The third kappa shape index (κ3) is 5.03. The number of rotatable bonds is 7. The molecular formula is C23H24N4O3. The van der Waals surface area contributed by atoms with Gasteiger partial charge in [0.05, 0.1) is 11.3 Å². The SMILES string of the molecule is C[C@H]1C[C@H](NC(=O)CCCC(=O)Nc2ccccc2C#N)C(=O)N1c1ccccc1. The van der Waals surface area contributed by atoms with E-state index in [1.54, 1.807) is 29.2 Å². The van der Waals surface area contributed by atoms with Gasteiger partial charge in [0.1, 0.15) is 12.1 Å². The molecule has 1 aliphatic rings. The van der Waals surface area contributed by atoms with Crippen molar-refractivity contribution in [3.05, 3.63) is 60.2 Å². The number of anilines is 2. The molecule has 0 radical (unpaired) electrons. The maximum atomic E-state index is 12.7. The van der Waals surface area contributed by atoms with Gasteiger partial charge in [0.2, 0.25) is 17.7 Å². The first kappa shape index (κ1) is 21.1. The van der Waals surface area contributed by atoms with Crippen molar-refractivity contribution in [2.45, 2.75) is 44.7 Å². The van der Waals surface area contributed by atoms with Gasteiger partial charge in [-0.3, -0.25) is 14.4 Å². The molecule has 7 nitrogen and oxygen atoms in total. The predicted molar refractivity (Wildman–Crippen MR) is 114 cm³/mol. The Labute approximate surface area is 175 Å². The molecule has 3 amide bonds. The van der Waals surface area contributed by atoms with Gasteiger partial charge in [-0.15, -0.1) is 0 Å². The Morgan fingerprint density at radius 1 is 1.07 bits per heavy atom. The van der Waals surface area contributed by atoms with Crippen molar-refractivity contribution in [1.29, 1.82) is 5.26 Å². The second-order valence-corrected chi connectivity index (χ2v) is 7.31. The Morgan fingerprint density at radius 3 is 2.47 bits per heavy atom. The summed E-state index contributed by atoms with van der Waals surface area (Å²) in [5.41, 5.74) is 1.67. The van der Waals surface area contributed by atoms with Crippen LogP contribution in [-0.2, 0) is 14.4 Å². The Hall–Kier alpha value is -3.66. The smallest absolute Gasteiger partial charge is 0.249 e. The highest BCUT2D eigenvalue weighted by Gasteiger charge is 2.38. The molecular weight excluding hydrogens is 380 g/mol. The van der Waals surface area contributed by atoms with Crippen LogP contribution in [0.15, 0.2) is 54.6 Å². The largest absolute Gasteiger partial charge is 0.344 e. The van der Waals surface area contributed by atoms with Crippen LogP contribution in [0.2, 0.25) is 0 Å². The van der Waals surface area contributed by atoms with Crippen LogP contribution in [0.5, 0.6) is 0 Å². The Balaban J connectivity index is 1.45. The molecule has 0 aromatic heterocycles. The maximum Gasteiger partial charge on any atom is 0.249 e. The van der Waals surface area contributed by atoms with Crippen LogP contribution in [0.1, 0.15) is 38.2 Å². The van der Waals surface area contributed by atoms with E-state index in [0.29, 0.717) is 24.1 Å². The third-order valence-electron chi connectivity index (χ3n) is 5.05. The molecule has 0 aliphatic carbocycles. The topological polar surface area (TPSA) is 102 Å². The van der Waals surface area contributed by atoms with Gasteiger partial charge in [0, 0.05) is 24.6 Å². The van der Waals surface area contributed by atoms with E-state index in [0.717, 1.165) is 5.69 Å². The molecule has 2 atom stereocenters. The molecule has 0 unspecified atom stereocenters. The minimum Gasteiger partial charge on any atom is -0.344 e. The van der Waals surface area contributed by atoms with Crippen molar-refractivity contribution < 1.29 is 14.4 Å². The van der Waals surface area contributed by atoms with E-state index in [1.165, 1.54) is 0 Å². The van der Waals surface area contributed by atoms with E-state index in [2.05, 4.69) is 10.6 Å². The molecule has 30 heavy (non-hydrogen) atoms. The zero-order valence-corrected chi connectivity index (χ0v) is 16.8. The van der Waals surface area contributed by atoms with E-state index in [4.69, 9.17) is 5.26 Å². The molecule has 1 fully saturated rings. The van der Waals surface area contributed by atoms with Crippen LogP contribution in [0.4, 0.5) is 11.4 Å². The van der Waals surface area contributed by atoms with E-state index in [1.807, 2.05) is 43.3 Å². The van der Waals surface area contributed by atoms with E-state index < -0.39 is 6.04 Å². The molecule has 0 spiro atoms. The standard InChI is InChI=1S/C23H24N4O3/c1-16-14-20(23(30)27(16)18-9-3-2-4-10-18)26-22(29)13-7-12-21(28)25-19-11-6-5-8-17(19)15-24/h2-6,8-11,16,20H,7,12-14H2,1H3,(H,25,28)(H,26,29)/t16-,20-/m0/s1. The summed E-state index contributed by atoms with van der Waals surface area (Å²) in [5.74, 6) is -0.625. The van der Waals surface area contributed by atoms with Crippen molar-refractivity contribution in [2.24, 2.45) is 0 Å². The van der Waals surface area contributed by atoms with Gasteiger partial charge >= 0.3 is 0 Å². The summed E-state index contributed by atoms with van der Waals surface area (Å²) in [4.78, 5) is 38.8. The number of hydrogen-bond donors (Lipinski definition) is 2. The van der Waals surface area contributed by atoms with Crippen LogP contribution in [-0.4, -0.2) is 29.8 Å². The molecule has 1 saturated heterocycles. The molecule has 1 aliphatic heterocycles. The molecule has 2 N–H and O–H groups in total. The molecule has 2 aromatic carbocycles. The lowest BCUT2D eigenvalue weighted by molar-refractivity contribution is -0.126. The molecule has 0 saturated carbocycles. The van der Waals surface area contributed by atoms with Crippen molar-refractivity contribution in [3.8, 4) is 6.07 Å². The van der Waals surface area contributed by atoms with Gasteiger partial charge in [-0.2, -0.15) is 5.26 Å². The van der Waals surface area contributed by atoms with Crippen molar-refractivity contribution >= 4 is 29.1 Å². The molecule has 7 heteroatoms. The number of nitriles is 1. The van der Waals surface area contributed by atoms with Crippen LogP contribution >= 0.6 is 0 Å². The minimum absolute atomic E-state index is 0.00354. The van der Waals surface area contributed by atoms with Crippen LogP contribution in [0.3, 0.4) is 0 Å². The van der Waals surface area contributed by atoms with Crippen molar-refractivity contribution in [1.82, 2.24) is 5.32 Å². The second kappa shape index (κ2) is 9.70. The van der Waals surface area contributed by atoms with Gasteiger partial charge in [-0.05, 0) is 44.0 Å². The zero-order valence-electron chi connectivity index (χ0n) is 16.8. The zero-order chi connectivity index (χ0) is 21.5. The summed E-state index contributed by atoms with van der Waals surface area (Å²) in [6, 6.07) is 17.6. The van der Waals surface area contributed by atoms with E-state index >= 15 is 0 Å². The first-order valence-electron chi connectivity index (χ1n) is 9.96.